The Hall–Kier alpha value is -4.10. The van der Waals surface area contributed by atoms with Gasteiger partial charge in [0.2, 0.25) is 11.6 Å². The molecular formula is C17H13F3N6O5. The summed E-state index contributed by atoms with van der Waals surface area (Å²) in [6.07, 6.45) is -0.245. The van der Waals surface area contributed by atoms with E-state index in [-0.39, 0.29) is 24.5 Å². The Balaban J connectivity index is 1.50. The van der Waals surface area contributed by atoms with Crippen LogP contribution >= 0.6 is 0 Å². The van der Waals surface area contributed by atoms with Gasteiger partial charge in [0.05, 0.1) is 12.7 Å². The SMILES string of the molecule is COC(=O)c1cncc(COC(=O)NCc2cnc(-c3noc(C(F)(F)F)n3)nc2)c1. The quantitative estimate of drug-likeness (QED) is 0.569. The van der Waals surface area contributed by atoms with Crippen LogP contribution in [0.1, 0.15) is 27.4 Å². The molecule has 0 spiro atoms. The molecule has 3 aromatic heterocycles. The highest BCUT2D eigenvalue weighted by Crippen LogP contribution is 2.28. The van der Waals surface area contributed by atoms with Crippen molar-refractivity contribution < 1.29 is 36.8 Å². The zero-order chi connectivity index (χ0) is 22.4. The molecule has 31 heavy (non-hydrogen) atoms. The third-order valence-corrected chi connectivity index (χ3v) is 3.60. The number of rotatable bonds is 6. The van der Waals surface area contributed by atoms with Gasteiger partial charge in [-0.25, -0.2) is 19.6 Å². The van der Waals surface area contributed by atoms with Crippen LogP contribution in [0.3, 0.4) is 0 Å². The molecule has 0 aromatic carbocycles. The van der Waals surface area contributed by atoms with Crippen LogP contribution in [0.25, 0.3) is 11.6 Å². The summed E-state index contributed by atoms with van der Waals surface area (Å²) in [6, 6.07) is 1.47. The van der Waals surface area contributed by atoms with Crippen molar-refractivity contribution in [2.24, 2.45) is 0 Å². The summed E-state index contributed by atoms with van der Waals surface area (Å²) >= 11 is 0. The summed E-state index contributed by atoms with van der Waals surface area (Å²) in [5.41, 5.74) is 1.13. The Labute approximate surface area is 171 Å². The summed E-state index contributed by atoms with van der Waals surface area (Å²) in [7, 11) is 1.23. The van der Waals surface area contributed by atoms with Crippen LogP contribution in [0.5, 0.6) is 0 Å². The van der Waals surface area contributed by atoms with Crippen LogP contribution < -0.4 is 5.32 Å². The Kier molecular flexibility index (Phi) is 6.37. The number of carbonyl (C=O) groups excluding carboxylic acids is 2. The maximum absolute atomic E-state index is 12.5. The topological polar surface area (TPSA) is 142 Å². The lowest BCUT2D eigenvalue weighted by Crippen LogP contribution is -2.23. The number of halogens is 3. The predicted octanol–water partition coefficient (Wildman–Crippen LogP) is 2.15. The fourth-order valence-corrected chi connectivity index (χ4v) is 2.16. The van der Waals surface area contributed by atoms with Crippen molar-refractivity contribution >= 4 is 12.1 Å². The maximum Gasteiger partial charge on any atom is 0.471 e. The minimum absolute atomic E-state index is 0.0143. The van der Waals surface area contributed by atoms with Gasteiger partial charge in [-0.3, -0.25) is 4.98 Å². The second kappa shape index (κ2) is 9.15. The van der Waals surface area contributed by atoms with E-state index in [1.54, 1.807) is 0 Å². The molecule has 162 valence electrons. The molecule has 3 rings (SSSR count). The number of hydrogen-bond acceptors (Lipinski definition) is 10. The van der Waals surface area contributed by atoms with Crippen LogP contribution in [-0.4, -0.2) is 44.3 Å². The smallest absolute Gasteiger partial charge is 0.465 e. The molecule has 0 bridgehead atoms. The number of methoxy groups -OCH3 is 1. The molecule has 0 aliphatic heterocycles. The summed E-state index contributed by atoms with van der Waals surface area (Å²) in [6.45, 7) is -0.155. The van der Waals surface area contributed by atoms with E-state index >= 15 is 0 Å². The Morgan fingerprint density at radius 3 is 2.48 bits per heavy atom. The van der Waals surface area contributed by atoms with E-state index in [4.69, 9.17) is 4.74 Å². The van der Waals surface area contributed by atoms with Crippen molar-refractivity contribution in [3.63, 3.8) is 0 Å². The fraction of sp³-hybridized carbons (Fsp3) is 0.235. The lowest BCUT2D eigenvalue weighted by Gasteiger charge is -2.07. The number of hydrogen-bond donors (Lipinski definition) is 1. The minimum Gasteiger partial charge on any atom is -0.465 e. The standard InChI is InChI=1S/C17H13F3N6O5/c1-29-14(27)11-2-9(3-21-7-11)8-30-16(28)24-6-10-4-22-12(23-5-10)13-25-15(31-26-13)17(18,19)20/h2-5,7H,6,8H2,1H3,(H,24,28). The number of alkyl halides is 3. The highest BCUT2D eigenvalue weighted by atomic mass is 19.4. The van der Waals surface area contributed by atoms with E-state index in [1.807, 2.05) is 0 Å². The van der Waals surface area contributed by atoms with Gasteiger partial charge >= 0.3 is 24.1 Å². The molecule has 14 heteroatoms. The molecule has 0 saturated heterocycles. The zero-order valence-electron chi connectivity index (χ0n) is 15.7. The van der Waals surface area contributed by atoms with Crippen molar-refractivity contribution in [1.82, 2.24) is 30.4 Å². The van der Waals surface area contributed by atoms with Gasteiger partial charge in [0.25, 0.3) is 0 Å². The first-order valence-corrected chi connectivity index (χ1v) is 8.41. The molecule has 11 nitrogen and oxygen atoms in total. The van der Waals surface area contributed by atoms with Crippen LogP contribution in [-0.2, 0) is 28.8 Å². The summed E-state index contributed by atoms with van der Waals surface area (Å²) < 4.78 is 51.2. The van der Waals surface area contributed by atoms with E-state index in [9.17, 15) is 22.8 Å². The van der Waals surface area contributed by atoms with E-state index in [1.165, 1.54) is 38.0 Å². The average Bonchev–Trinajstić information content (AvgIpc) is 3.27. The molecule has 0 atom stereocenters. The fourth-order valence-electron chi connectivity index (χ4n) is 2.16. The first-order valence-electron chi connectivity index (χ1n) is 8.41. The summed E-state index contributed by atoms with van der Waals surface area (Å²) in [5.74, 6) is -2.68. The van der Waals surface area contributed by atoms with E-state index in [0.29, 0.717) is 11.1 Å². The Bertz CT molecular complexity index is 1070. The third kappa shape index (κ3) is 5.71. The third-order valence-electron chi connectivity index (χ3n) is 3.60. The van der Waals surface area contributed by atoms with Crippen molar-refractivity contribution in [1.29, 1.82) is 0 Å². The Morgan fingerprint density at radius 1 is 1.10 bits per heavy atom. The van der Waals surface area contributed by atoms with E-state index in [0.717, 1.165) is 0 Å². The average molecular weight is 438 g/mol. The second-order valence-electron chi connectivity index (χ2n) is 5.84. The largest absolute Gasteiger partial charge is 0.471 e. The molecule has 0 fully saturated rings. The molecule has 0 saturated carbocycles. The van der Waals surface area contributed by atoms with E-state index < -0.39 is 30.0 Å². The molecule has 1 amide bonds. The van der Waals surface area contributed by atoms with Gasteiger partial charge in [-0.05, 0) is 6.07 Å². The lowest BCUT2D eigenvalue weighted by atomic mass is 10.2. The van der Waals surface area contributed by atoms with Crippen LogP contribution in [0.2, 0.25) is 0 Å². The van der Waals surface area contributed by atoms with Gasteiger partial charge in [-0.15, -0.1) is 0 Å². The zero-order valence-corrected chi connectivity index (χ0v) is 15.7. The van der Waals surface area contributed by atoms with Gasteiger partial charge in [-0.2, -0.15) is 18.2 Å². The van der Waals surface area contributed by atoms with Crippen LogP contribution in [0.15, 0.2) is 35.4 Å². The van der Waals surface area contributed by atoms with Crippen LogP contribution in [0, 0.1) is 0 Å². The second-order valence-corrected chi connectivity index (χ2v) is 5.84. The number of pyridine rings is 1. The monoisotopic (exact) mass is 438 g/mol. The number of aromatic nitrogens is 5. The van der Waals surface area contributed by atoms with Gasteiger partial charge < -0.3 is 19.3 Å². The van der Waals surface area contributed by atoms with Gasteiger partial charge in [0.15, 0.2) is 0 Å². The predicted molar refractivity (Wildman–Crippen MR) is 92.9 cm³/mol. The van der Waals surface area contributed by atoms with Gasteiger partial charge in [0.1, 0.15) is 6.61 Å². The van der Waals surface area contributed by atoms with Crippen molar-refractivity contribution in [3.8, 4) is 11.6 Å². The number of ether oxygens (including phenoxy) is 2. The Morgan fingerprint density at radius 2 is 1.84 bits per heavy atom. The molecular weight excluding hydrogens is 425 g/mol. The lowest BCUT2D eigenvalue weighted by molar-refractivity contribution is -0.159. The number of alkyl carbamates (subject to hydrolysis) is 1. The van der Waals surface area contributed by atoms with E-state index in [2.05, 4.69) is 39.7 Å². The molecule has 3 aromatic rings. The molecule has 0 aliphatic carbocycles. The number of nitrogens with one attached hydrogen (secondary N) is 1. The summed E-state index contributed by atoms with van der Waals surface area (Å²) in [4.78, 5) is 38.0. The number of amides is 1. The highest BCUT2D eigenvalue weighted by molar-refractivity contribution is 5.89. The van der Waals surface area contributed by atoms with Crippen molar-refractivity contribution in [2.75, 3.05) is 7.11 Å². The van der Waals surface area contributed by atoms with Gasteiger partial charge in [0, 0.05) is 42.5 Å². The molecule has 0 aliphatic rings. The number of carbonyl (C=O) groups is 2. The summed E-state index contributed by atoms with van der Waals surface area (Å²) in [5, 5.41) is 5.63. The molecule has 0 unspecified atom stereocenters. The maximum atomic E-state index is 12.5. The first kappa shape index (κ1) is 21.6. The van der Waals surface area contributed by atoms with Gasteiger partial charge in [-0.1, -0.05) is 5.16 Å². The normalized spacial score (nSPS) is 11.1. The van der Waals surface area contributed by atoms with Crippen molar-refractivity contribution in [3.05, 3.63) is 53.4 Å². The molecule has 1 N–H and O–H groups in total. The van der Waals surface area contributed by atoms with Crippen molar-refractivity contribution in [2.45, 2.75) is 19.3 Å². The highest BCUT2D eigenvalue weighted by Gasteiger charge is 2.38. The number of nitrogens with zero attached hydrogens (tertiary/aromatic N) is 5. The number of esters is 1. The molecule has 3 heterocycles. The first-order chi connectivity index (χ1) is 14.8. The van der Waals surface area contributed by atoms with Crippen LogP contribution in [0.4, 0.5) is 18.0 Å². The molecule has 0 radical (unpaired) electrons. The minimum atomic E-state index is -4.77.